The van der Waals surface area contributed by atoms with Crippen molar-refractivity contribution in [1.82, 2.24) is 4.98 Å². The van der Waals surface area contributed by atoms with Crippen molar-refractivity contribution in [3.05, 3.63) is 35.5 Å². The highest BCUT2D eigenvalue weighted by atomic mass is 16.1. The Hall–Kier alpha value is -1.57. The van der Waals surface area contributed by atoms with Gasteiger partial charge < -0.3 is 4.98 Å². The maximum atomic E-state index is 13.9. The molecule has 0 amide bonds. The maximum Gasteiger partial charge on any atom is 0.139 e. The first-order valence-corrected chi connectivity index (χ1v) is 12.4. The summed E-state index contributed by atoms with van der Waals surface area (Å²) in [6, 6.07) is 6.82. The van der Waals surface area contributed by atoms with Gasteiger partial charge in [-0.3, -0.25) is 4.79 Å². The van der Waals surface area contributed by atoms with Crippen LogP contribution in [0.2, 0.25) is 0 Å². The van der Waals surface area contributed by atoms with Crippen molar-refractivity contribution in [1.29, 1.82) is 0 Å². The monoisotopic (exact) mass is 403 g/mol. The van der Waals surface area contributed by atoms with Crippen molar-refractivity contribution in [3.8, 4) is 0 Å². The lowest BCUT2D eigenvalue weighted by Crippen LogP contribution is -2.65. The Kier molecular flexibility index (Phi) is 3.71. The lowest BCUT2D eigenvalue weighted by atomic mass is 9.34. The van der Waals surface area contributed by atoms with E-state index in [1.54, 1.807) is 0 Å². The molecule has 4 aliphatic carbocycles. The summed E-state index contributed by atoms with van der Waals surface area (Å²) >= 11 is 0. The number of hydrogen-bond donors (Lipinski definition) is 1. The maximum absolute atomic E-state index is 13.9. The van der Waals surface area contributed by atoms with Crippen LogP contribution in [0.5, 0.6) is 0 Å². The second-order valence-corrected chi connectivity index (χ2v) is 12.2. The van der Waals surface area contributed by atoms with Gasteiger partial charge in [-0.1, -0.05) is 46.8 Å². The van der Waals surface area contributed by atoms with E-state index in [-0.39, 0.29) is 16.2 Å². The molecular formula is C28H37NO. The summed E-state index contributed by atoms with van der Waals surface area (Å²) in [5, 5.41) is 1.47. The van der Waals surface area contributed by atoms with E-state index in [0.29, 0.717) is 35.4 Å². The van der Waals surface area contributed by atoms with E-state index in [1.807, 2.05) is 0 Å². The van der Waals surface area contributed by atoms with E-state index in [2.05, 4.69) is 64.0 Å². The fourth-order valence-corrected chi connectivity index (χ4v) is 9.37. The van der Waals surface area contributed by atoms with E-state index in [1.165, 1.54) is 41.3 Å². The van der Waals surface area contributed by atoms with Crippen LogP contribution in [0.25, 0.3) is 10.9 Å². The molecular weight excluding hydrogens is 366 g/mol. The Morgan fingerprint density at radius 1 is 1.03 bits per heavy atom. The molecule has 1 aromatic heterocycles. The van der Waals surface area contributed by atoms with Gasteiger partial charge in [0.1, 0.15) is 5.78 Å². The number of carbonyl (C=O) groups is 1. The molecule has 3 fully saturated rings. The highest BCUT2D eigenvalue weighted by Gasteiger charge is 2.69. The van der Waals surface area contributed by atoms with Gasteiger partial charge in [0.2, 0.25) is 0 Å². The third kappa shape index (κ3) is 1.96. The zero-order chi connectivity index (χ0) is 21.1. The van der Waals surface area contributed by atoms with Gasteiger partial charge in [-0.2, -0.15) is 0 Å². The fourth-order valence-electron chi connectivity index (χ4n) is 9.37. The summed E-state index contributed by atoms with van der Waals surface area (Å²) in [4.78, 5) is 17.6. The molecule has 4 aliphatic rings. The fraction of sp³-hybridized carbons (Fsp3) is 0.679. The number of hydrogen-bond acceptors (Lipinski definition) is 1. The van der Waals surface area contributed by atoms with E-state index in [0.717, 1.165) is 19.3 Å². The minimum Gasteiger partial charge on any atom is -0.361 e. The molecule has 6 rings (SSSR count). The number of Topliss-reactive ketones (excluding diaryl/α,β-unsaturated/α-hetero) is 1. The first-order chi connectivity index (χ1) is 14.2. The van der Waals surface area contributed by atoms with Gasteiger partial charge in [-0.25, -0.2) is 0 Å². The van der Waals surface area contributed by atoms with Crippen LogP contribution in [-0.2, 0) is 10.2 Å². The lowest BCUT2D eigenvalue weighted by Gasteiger charge is -2.68. The van der Waals surface area contributed by atoms with Crippen LogP contribution in [0.1, 0.15) is 90.2 Å². The van der Waals surface area contributed by atoms with Crippen LogP contribution < -0.4 is 0 Å². The molecule has 0 aliphatic heterocycles. The van der Waals surface area contributed by atoms with Crippen molar-refractivity contribution >= 4 is 16.7 Å². The van der Waals surface area contributed by atoms with Crippen molar-refractivity contribution in [2.45, 2.75) is 84.5 Å². The predicted octanol–water partition coefficient (Wildman–Crippen LogP) is 6.99. The van der Waals surface area contributed by atoms with Gasteiger partial charge in [0.05, 0.1) is 0 Å². The quantitative estimate of drug-likeness (QED) is 0.505. The largest absolute Gasteiger partial charge is 0.361 e. The summed E-state index contributed by atoms with van der Waals surface area (Å²) in [7, 11) is 0. The summed E-state index contributed by atoms with van der Waals surface area (Å²) in [6.45, 7) is 12.4. The number of carbonyl (C=O) groups excluding carboxylic acids is 1. The number of fused-ring (bicyclic) bond motifs is 3. The minimum atomic E-state index is -0.116. The molecule has 0 unspecified atom stereocenters. The molecule has 0 bridgehead atoms. The molecule has 1 heterocycles. The number of rotatable bonds is 0. The SMILES string of the molecule is C[C@H]1CC[C@]2(C)[C@@H](C)CCC(=O)[C@@]23CC[C@H]2[C@@H](c4c[nH]c5cccc(c45)C2(C)C)[C@@H]13. The van der Waals surface area contributed by atoms with Crippen LogP contribution in [-0.4, -0.2) is 10.8 Å². The summed E-state index contributed by atoms with van der Waals surface area (Å²) in [6.07, 6.45) is 9.03. The Morgan fingerprint density at radius 2 is 1.83 bits per heavy atom. The zero-order valence-corrected chi connectivity index (χ0v) is 19.3. The van der Waals surface area contributed by atoms with Gasteiger partial charge in [-0.05, 0) is 89.7 Å². The van der Waals surface area contributed by atoms with E-state index >= 15 is 0 Å². The van der Waals surface area contributed by atoms with Gasteiger partial charge in [0.25, 0.3) is 0 Å². The Morgan fingerprint density at radius 3 is 2.63 bits per heavy atom. The predicted molar refractivity (Wildman–Crippen MR) is 123 cm³/mol. The highest BCUT2D eigenvalue weighted by Crippen LogP contribution is 2.73. The minimum absolute atomic E-state index is 0.116. The molecule has 2 aromatic rings. The highest BCUT2D eigenvalue weighted by molar-refractivity contribution is 5.91. The van der Waals surface area contributed by atoms with Crippen LogP contribution in [0, 0.1) is 34.5 Å². The average molecular weight is 404 g/mol. The van der Waals surface area contributed by atoms with Crippen LogP contribution in [0.4, 0.5) is 0 Å². The molecule has 0 radical (unpaired) electrons. The molecule has 7 atom stereocenters. The summed E-state index contributed by atoms with van der Waals surface area (Å²) in [5.74, 6) is 3.49. The van der Waals surface area contributed by atoms with Crippen LogP contribution in [0.3, 0.4) is 0 Å². The Balaban J connectivity index is 1.63. The Bertz CT molecular complexity index is 1050. The number of aromatic amines is 1. The molecule has 0 saturated heterocycles. The molecule has 1 N–H and O–H groups in total. The normalized spacial score (nSPS) is 44.3. The van der Waals surface area contributed by atoms with E-state index in [9.17, 15) is 4.79 Å². The number of nitrogens with one attached hydrogen (secondary N) is 1. The van der Waals surface area contributed by atoms with Gasteiger partial charge in [0, 0.05) is 28.9 Å². The Labute approximate surface area is 181 Å². The third-order valence-corrected chi connectivity index (χ3v) is 11.1. The van der Waals surface area contributed by atoms with Crippen molar-refractivity contribution in [2.75, 3.05) is 0 Å². The second-order valence-electron chi connectivity index (χ2n) is 12.2. The molecule has 30 heavy (non-hydrogen) atoms. The summed E-state index contributed by atoms with van der Waals surface area (Å²) < 4.78 is 0. The standard InChI is InChI=1S/C28H37NO/c1-16-11-13-27(5)17(2)9-10-22(30)28(27)14-12-20-24(25(16)28)18-15-29-21-8-6-7-19(23(18)21)26(20,3)4/h6-8,15-17,20,24-25,29H,9-14H2,1-5H3/t16-,17-,20-,24+,25+,27+,28+/m0/s1. The third-order valence-electron chi connectivity index (χ3n) is 11.1. The molecule has 160 valence electrons. The molecule has 1 aromatic carbocycles. The average Bonchev–Trinajstić information content (AvgIpc) is 3.16. The molecule has 3 saturated carbocycles. The number of aromatic nitrogens is 1. The smallest absolute Gasteiger partial charge is 0.139 e. The molecule has 1 spiro atoms. The second kappa shape index (κ2) is 5.81. The van der Waals surface area contributed by atoms with E-state index in [4.69, 9.17) is 0 Å². The number of ketones is 1. The van der Waals surface area contributed by atoms with Crippen molar-refractivity contribution in [2.24, 2.45) is 34.5 Å². The van der Waals surface area contributed by atoms with Gasteiger partial charge in [-0.15, -0.1) is 0 Å². The van der Waals surface area contributed by atoms with Crippen LogP contribution in [0.15, 0.2) is 24.4 Å². The van der Waals surface area contributed by atoms with Crippen molar-refractivity contribution < 1.29 is 4.79 Å². The topological polar surface area (TPSA) is 32.9 Å². The molecule has 2 nitrogen and oxygen atoms in total. The van der Waals surface area contributed by atoms with E-state index < -0.39 is 0 Å². The lowest BCUT2D eigenvalue weighted by molar-refractivity contribution is -0.189. The number of H-pyrrole nitrogens is 1. The molecule has 2 heteroatoms. The summed E-state index contributed by atoms with van der Waals surface area (Å²) in [5.41, 5.74) is 4.52. The first kappa shape index (κ1) is 19.1. The van der Waals surface area contributed by atoms with Crippen LogP contribution >= 0.6 is 0 Å². The first-order valence-electron chi connectivity index (χ1n) is 12.4. The zero-order valence-electron chi connectivity index (χ0n) is 19.3. The van der Waals surface area contributed by atoms with Gasteiger partial charge >= 0.3 is 0 Å². The van der Waals surface area contributed by atoms with Gasteiger partial charge in [0.15, 0.2) is 0 Å². The number of benzene rings is 1. The van der Waals surface area contributed by atoms with Crippen molar-refractivity contribution in [3.63, 3.8) is 0 Å².